The lowest BCUT2D eigenvalue weighted by atomic mass is 10.2. The fraction of sp³-hybridized carbons (Fsp3) is 0.167. The van der Waals surface area contributed by atoms with Crippen LogP contribution in [0.15, 0.2) is 84.0 Å². The maximum atomic E-state index is 12.1. The molecule has 0 aromatic heterocycles. The van der Waals surface area contributed by atoms with Crippen LogP contribution in [0.25, 0.3) is 0 Å². The number of oxime groups is 1. The Morgan fingerprint density at radius 2 is 1.70 bits per heavy atom. The summed E-state index contributed by atoms with van der Waals surface area (Å²) in [5, 5.41) is 6.69. The highest BCUT2D eigenvalue weighted by Gasteiger charge is 2.14. The van der Waals surface area contributed by atoms with Gasteiger partial charge in [0, 0.05) is 11.3 Å². The maximum absolute atomic E-state index is 12.1. The predicted octanol–water partition coefficient (Wildman–Crippen LogP) is 4.65. The SMILES string of the molecule is COc1cc(/C=N/OC(C)C(=O)Nc2ccccc2)ccc1OCc1ccccc1. The zero-order valence-corrected chi connectivity index (χ0v) is 16.9. The van der Waals surface area contributed by atoms with Gasteiger partial charge in [-0.3, -0.25) is 4.79 Å². The maximum Gasteiger partial charge on any atom is 0.267 e. The number of ether oxygens (including phenoxy) is 2. The first kappa shape index (κ1) is 20.9. The van der Waals surface area contributed by atoms with Gasteiger partial charge >= 0.3 is 0 Å². The Kier molecular flexibility index (Phi) is 7.44. The number of carbonyl (C=O) groups is 1. The molecule has 0 heterocycles. The van der Waals surface area contributed by atoms with Gasteiger partial charge in [0.25, 0.3) is 5.91 Å². The number of hydrogen-bond acceptors (Lipinski definition) is 5. The largest absolute Gasteiger partial charge is 0.493 e. The van der Waals surface area contributed by atoms with Gasteiger partial charge in [-0.05, 0) is 42.8 Å². The Balaban J connectivity index is 1.55. The minimum Gasteiger partial charge on any atom is -0.493 e. The molecule has 0 spiro atoms. The van der Waals surface area contributed by atoms with Crippen LogP contribution in [-0.2, 0) is 16.2 Å². The number of hydrogen-bond donors (Lipinski definition) is 1. The molecular weight excluding hydrogens is 380 g/mol. The lowest BCUT2D eigenvalue weighted by molar-refractivity contribution is -0.126. The summed E-state index contributed by atoms with van der Waals surface area (Å²) in [6, 6.07) is 24.5. The average Bonchev–Trinajstić information content (AvgIpc) is 2.79. The molecule has 1 atom stereocenters. The van der Waals surface area contributed by atoms with Crippen LogP contribution >= 0.6 is 0 Å². The van der Waals surface area contributed by atoms with Gasteiger partial charge in [0.2, 0.25) is 6.10 Å². The van der Waals surface area contributed by atoms with Crippen LogP contribution in [0.2, 0.25) is 0 Å². The first-order valence-corrected chi connectivity index (χ1v) is 9.55. The van der Waals surface area contributed by atoms with E-state index in [4.69, 9.17) is 14.3 Å². The van der Waals surface area contributed by atoms with E-state index < -0.39 is 6.10 Å². The molecule has 0 aliphatic rings. The van der Waals surface area contributed by atoms with Crippen molar-refractivity contribution in [1.29, 1.82) is 0 Å². The van der Waals surface area contributed by atoms with Gasteiger partial charge in [-0.2, -0.15) is 0 Å². The number of nitrogens with one attached hydrogen (secondary N) is 1. The Morgan fingerprint density at radius 3 is 2.40 bits per heavy atom. The van der Waals surface area contributed by atoms with Crippen molar-refractivity contribution in [2.75, 3.05) is 12.4 Å². The number of nitrogens with zero attached hydrogens (tertiary/aromatic N) is 1. The van der Waals surface area contributed by atoms with Gasteiger partial charge in [-0.15, -0.1) is 0 Å². The monoisotopic (exact) mass is 404 g/mol. The third-order valence-corrected chi connectivity index (χ3v) is 4.26. The molecule has 1 amide bonds. The van der Waals surface area contributed by atoms with E-state index in [2.05, 4.69) is 10.5 Å². The molecule has 0 aliphatic carbocycles. The lowest BCUT2D eigenvalue weighted by Crippen LogP contribution is -2.26. The third-order valence-electron chi connectivity index (χ3n) is 4.26. The average molecular weight is 404 g/mol. The summed E-state index contributed by atoms with van der Waals surface area (Å²) < 4.78 is 11.3. The van der Waals surface area contributed by atoms with E-state index in [1.165, 1.54) is 6.21 Å². The second-order valence-electron chi connectivity index (χ2n) is 6.52. The highest BCUT2D eigenvalue weighted by Crippen LogP contribution is 2.28. The third kappa shape index (κ3) is 6.10. The van der Waals surface area contributed by atoms with Crippen LogP contribution in [0.4, 0.5) is 5.69 Å². The van der Waals surface area contributed by atoms with Crippen molar-refractivity contribution in [2.24, 2.45) is 5.16 Å². The lowest BCUT2D eigenvalue weighted by Gasteiger charge is -2.12. The Labute approximate surface area is 176 Å². The molecule has 154 valence electrons. The number of carbonyl (C=O) groups excluding carboxylic acids is 1. The van der Waals surface area contributed by atoms with Crippen LogP contribution in [0.5, 0.6) is 11.5 Å². The van der Waals surface area contributed by atoms with Crippen molar-refractivity contribution in [2.45, 2.75) is 19.6 Å². The van der Waals surface area contributed by atoms with Gasteiger partial charge in [-0.25, -0.2) is 0 Å². The number of benzene rings is 3. The van der Waals surface area contributed by atoms with Crippen molar-refractivity contribution in [3.05, 3.63) is 90.0 Å². The minimum atomic E-state index is -0.739. The predicted molar refractivity (Wildman–Crippen MR) is 117 cm³/mol. The molecule has 1 N–H and O–H groups in total. The second kappa shape index (κ2) is 10.7. The van der Waals surface area contributed by atoms with Crippen molar-refractivity contribution in [3.63, 3.8) is 0 Å². The number of amides is 1. The molecular formula is C24H24N2O4. The van der Waals surface area contributed by atoms with Gasteiger partial charge in [-0.1, -0.05) is 53.7 Å². The molecule has 0 radical (unpaired) electrons. The van der Waals surface area contributed by atoms with Crippen molar-refractivity contribution in [1.82, 2.24) is 0 Å². The Morgan fingerprint density at radius 1 is 1.00 bits per heavy atom. The quantitative estimate of drug-likeness (QED) is 0.416. The van der Waals surface area contributed by atoms with Crippen LogP contribution in [0.3, 0.4) is 0 Å². The second-order valence-corrected chi connectivity index (χ2v) is 6.52. The van der Waals surface area contributed by atoms with Crippen molar-refractivity contribution in [3.8, 4) is 11.5 Å². The minimum absolute atomic E-state index is 0.277. The van der Waals surface area contributed by atoms with Crippen LogP contribution in [0, 0.1) is 0 Å². The van der Waals surface area contributed by atoms with Gasteiger partial charge in [0.15, 0.2) is 11.5 Å². The number of para-hydroxylation sites is 1. The van der Waals surface area contributed by atoms with Crippen molar-refractivity contribution >= 4 is 17.8 Å². The van der Waals surface area contributed by atoms with Crippen LogP contribution in [-0.4, -0.2) is 25.3 Å². The molecule has 6 heteroatoms. The summed E-state index contributed by atoms with van der Waals surface area (Å²) in [7, 11) is 1.58. The van der Waals surface area contributed by atoms with E-state index in [-0.39, 0.29) is 5.91 Å². The molecule has 0 saturated heterocycles. The zero-order chi connectivity index (χ0) is 21.2. The molecule has 0 saturated carbocycles. The van der Waals surface area contributed by atoms with E-state index in [0.717, 1.165) is 11.1 Å². The van der Waals surface area contributed by atoms with Crippen molar-refractivity contribution < 1.29 is 19.1 Å². The fourth-order valence-electron chi connectivity index (χ4n) is 2.61. The summed E-state index contributed by atoms with van der Waals surface area (Å²) in [5.41, 5.74) is 2.54. The molecule has 0 aliphatic heterocycles. The first-order chi connectivity index (χ1) is 14.7. The number of anilines is 1. The Bertz CT molecular complexity index is 975. The summed E-state index contributed by atoms with van der Waals surface area (Å²) in [6.45, 7) is 2.08. The Hall–Kier alpha value is -3.80. The smallest absolute Gasteiger partial charge is 0.267 e. The first-order valence-electron chi connectivity index (χ1n) is 9.55. The van der Waals surface area contributed by atoms with Crippen LogP contribution in [0.1, 0.15) is 18.1 Å². The molecule has 3 aromatic carbocycles. The van der Waals surface area contributed by atoms with E-state index in [0.29, 0.717) is 23.8 Å². The van der Waals surface area contributed by atoms with Gasteiger partial charge in [0.1, 0.15) is 6.61 Å². The molecule has 30 heavy (non-hydrogen) atoms. The summed E-state index contributed by atoms with van der Waals surface area (Å²) in [5.74, 6) is 0.945. The topological polar surface area (TPSA) is 69.2 Å². The zero-order valence-electron chi connectivity index (χ0n) is 16.9. The number of methoxy groups -OCH3 is 1. The number of rotatable bonds is 9. The van der Waals surface area contributed by atoms with E-state index in [1.54, 1.807) is 20.1 Å². The van der Waals surface area contributed by atoms with Gasteiger partial charge < -0.3 is 19.6 Å². The molecule has 0 bridgehead atoms. The molecule has 1 unspecified atom stereocenters. The standard InChI is InChI=1S/C24H24N2O4/c1-18(24(27)26-21-11-7-4-8-12-21)30-25-16-20-13-14-22(23(15-20)28-2)29-17-19-9-5-3-6-10-19/h3-16,18H,17H2,1-2H3,(H,26,27)/b25-16+. The molecule has 3 aromatic rings. The molecule has 6 nitrogen and oxygen atoms in total. The normalized spacial score (nSPS) is 11.7. The summed E-state index contributed by atoms with van der Waals surface area (Å²) >= 11 is 0. The van der Waals surface area contributed by atoms with E-state index in [9.17, 15) is 4.79 Å². The highest BCUT2D eigenvalue weighted by atomic mass is 16.6. The fourth-order valence-corrected chi connectivity index (χ4v) is 2.61. The van der Waals surface area contributed by atoms with Gasteiger partial charge in [0.05, 0.1) is 13.3 Å². The van der Waals surface area contributed by atoms with E-state index >= 15 is 0 Å². The highest BCUT2D eigenvalue weighted by molar-refractivity contribution is 5.93. The molecule has 0 fully saturated rings. The summed E-state index contributed by atoms with van der Waals surface area (Å²) in [4.78, 5) is 17.4. The van der Waals surface area contributed by atoms with Crippen LogP contribution < -0.4 is 14.8 Å². The van der Waals surface area contributed by atoms with E-state index in [1.807, 2.05) is 72.8 Å². The summed E-state index contributed by atoms with van der Waals surface area (Å²) in [6.07, 6.45) is 0.785. The molecule has 3 rings (SSSR count).